The summed E-state index contributed by atoms with van der Waals surface area (Å²) in [6, 6.07) is 16.0. The molecule has 29 heavy (non-hydrogen) atoms. The van der Waals surface area contributed by atoms with Gasteiger partial charge in [-0.25, -0.2) is 0 Å². The minimum atomic E-state index is -0.529. The van der Waals surface area contributed by atoms with E-state index in [4.69, 9.17) is 9.15 Å². The predicted molar refractivity (Wildman–Crippen MR) is 106 cm³/mol. The van der Waals surface area contributed by atoms with Gasteiger partial charge in [0.15, 0.2) is 5.76 Å². The number of ether oxygens (including phenoxy) is 1. The molecule has 0 atom stereocenters. The lowest BCUT2D eigenvalue weighted by Crippen LogP contribution is -2.41. The Labute approximate surface area is 166 Å². The fraction of sp³-hybridized carbons (Fsp3) is 0.0952. The quantitative estimate of drug-likeness (QED) is 0.558. The summed E-state index contributed by atoms with van der Waals surface area (Å²) in [5.41, 5.74) is 5.73. The molecule has 0 radical (unpaired) electrons. The molecule has 3 rings (SSSR count). The zero-order chi connectivity index (χ0) is 20.6. The van der Waals surface area contributed by atoms with E-state index in [2.05, 4.69) is 16.2 Å². The van der Waals surface area contributed by atoms with E-state index in [-0.39, 0.29) is 11.3 Å². The van der Waals surface area contributed by atoms with Gasteiger partial charge in [-0.1, -0.05) is 6.07 Å². The molecule has 8 nitrogen and oxygen atoms in total. The molecule has 0 aliphatic carbocycles. The van der Waals surface area contributed by atoms with E-state index in [9.17, 15) is 14.4 Å². The normalized spacial score (nSPS) is 10.1. The van der Waals surface area contributed by atoms with Crippen LogP contribution in [-0.4, -0.2) is 24.3 Å². The van der Waals surface area contributed by atoms with Gasteiger partial charge in [-0.15, -0.1) is 0 Å². The van der Waals surface area contributed by atoms with Crippen molar-refractivity contribution in [3.05, 3.63) is 83.8 Å². The summed E-state index contributed by atoms with van der Waals surface area (Å²) in [7, 11) is 0. The van der Waals surface area contributed by atoms with Crippen LogP contribution in [0.5, 0.6) is 5.75 Å². The average Bonchev–Trinajstić information content (AvgIpc) is 3.28. The number of amides is 3. The largest absolute Gasteiger partial charge is 0.494 e. The molecule has 1 heterocycles. The van der Waals surface area contributed by atoms with Gasteiger partial charge in [-0.3, -0.25) is 25.2 Å². The summed E-state index contributed by atoms with van der Waals surface area (Å²) in [6.45, 7) is 2.40. The predicted octanol–water partition coefficient (Wildman–Crippen LogP) is 3.01. The molecule has 3 aromatic rings. The lowest BCUT2D eigenvalue weighted by Gasteiger charge is -2.09. The van der Waals surface area contributed by atoms with Gasteiger partial charge in [0, 0.05) is 16.8 Å². The standard InChI is InChI=1S/C21H19N3O5/c1-2-28-17-10-8-14(9-11-17)19(25)23-24-20(26)15-5-3-6-16(13-15)22-21(27)18-7-4-12-29-18/h3-13H,2H2,1H3,(H,22,27)(H,23,25)(H,24,26). The Morgan fingerprint density at radius 3 is 2.24 bits per heavy atom. The first-order valence-corrected chi connectivity index (χ1v) is 8.85. The lowest BCUT2D eigenvalue weighted by molar-refractivity contribution is 0.0846. The van der Waals surface area contributed by atoms with Gasteiger partial charge >= 0.3 is 0 Å². The lowest BCUT2D eigenvalue weighted by atomic mass is 10.2. The number of hydrogen-bond donors (Lipinski definition) is 3. The number of rotatable bonds is 6. The molecule has 3 amide bonds. The van der Waals surface area contributed by atoms with Gasteiger partial charge in [0.05, 0.1) is 12.9 Å². The Morgan fingerprint density at radius 1 is 0.862 bits per heavy atom. The molecule has 0 aliphatic heterocycles. The molecule has 0 spiro atoms. The number of carbonyl (C=O) groups is 3. The molecule has 1 aromatic heterocycles. The van der Waals surface area contributed by atoms with Crippen LogP contribution in [0.3, 0.4) is 0 Å². The first-order valence-electron chi connectivity index (χ1n) is 8.85. The van der Waals surface area contributed by atoms with E-state index >= 15 is 0 Å². The highest BCUT2D eigenvalue weighted by Gasteiger charge is 2.12. The Kier molecular flexibility index (Phi) is 6.26. The van der Waals surface area contributed by atoms with E-state index in [0.29, 0.717) is 23.6 Å². The van der Waals surface area contributed by atoms with Crippen molar-refractivity contribution in [3.8, 4) is 5.75 Å². The molecule has 0 unspecified atom stereocenters. The average molecular weight is 393 g/mol. The number of hydrazine groups is 1. The zero-order valence-electron chi connectivity index (χ0n) is 15.6. The fourth-order valence-corrected chi connectivity index (χ4v) is 2.47. The van der Waals surface area contributed by atoms with E-state index < -0.39 is 17.7 Å². The van der Waals surface area contributed by atoms with Crippen LogP contribution in [0.15, 0.2) is 71.3 Å². The van der Waals surface area contributed by atoms with Gasteiger partial charge in [0.2, 0.25) is 0 Å². The van der Waals surface area contributed by atoms with E-state index in [1.165, 1.54) is 18.4 Å². The van der Waals surface area contributed by atoms with Gasteiger partial charge in [-0.05, 0) is 61.5 Å². The number of hydrogen-bond acceptors (Lipinski definition) is 5. The molecule has 0 saturated carbocycles. The maximum absolute atomic E-state index is 12.3. The van der Waals surface area contributed by atoms with Crippen LogP contribution in [0.25, 0.3) is 0 Å². The highest BCUT2D eigenvalue weighted by molar-refractivity contribution is 6.03. The number of furan rings is 1. The molecule has 8 heteroatoms. The summed E-state index contributed by atoms with van der Waals surface area (Å²) in [5, 5.41) is 2.63. The molecular weight excluding hydrogens is 374 g/mol. The molecule has 2 aromatic carbocycles. The first-order chi connectivity index (χ1) is 14.1. The minimum absolute atomic E-state index is 0.155. The topological polar surface area (TPSA) is 110 Å². The summed E-state index contributed by atoms with van der Waals surface area (Å²) in [6.07, 6.45) is 1.39. The number of nitrogens with one attached hydrogen (secondary N) is 3. The molecule has 148 valence electrons. The van der Waals surface area contributed by atoms with Crippen LogP contribution in [0.1, 0.15) is 38.2 Å². The van der Waals surface area contributed by atoms with Crippen LogP contribution in [0.2, 0.25) is 0 Å². The number of benzene rings is 2. The molecule has 0 bridgehead atoms. The van der Waals surface area contributed by atoms with Gasteiger partial charge in [0.25, 0.3) is 17.7 Å². The third kappa shape index (κ3) is 5.23. The van der Waals surface area contributed by atoms with E-state index in [1.54, 1.807) is 48.5 Å². The monoisotopic (exact) mass is 393 g/mol. The summed E-state index contributed by atoms with van der Waals surface area (Å²) >= 11 is 0. The van der Waals surface area contributed by atoms with Gasteiger partial charge in [0.1, 0.15) is 5.75 Å². The number of anilines is 1. The Morgan fingerprint density at radius 2 is 1.59 bits per heavy atom. The smallest absolute Gasteiger partial charge is 0.291 e. The fourth-order valence-electron chi connectivity index (χ4n) is 2.47. The number of carbonyl (C=O) groups excluding carboxylic acids is 3. The minimum Gasteiger partial charge on any atom is -0.494 e. The Hall–Kier alpha value is -4.07. The molecule has 0 fully saturated rings. The highest BCUT2D eigenvalue weighted by atomic mass is 16.5. The maximum Gasteiger partial charge on any atom is 0.291 e. The van der Waals surface area contributed by atoms with Crippen molar-refractivity contribution < 1.29 is 23.5 Å². The summed E-state index contributed by atoms with van der Waals surface area (Å²) < 4.78 is 10.3. The zero-order valence-corrected chi connectivity index (χ0v) is 15.6. The Balaban J connectivity index is 1.57. The van der Waals surface area contributed by atoms with Crippen molar-refractivity contribution in [1.29, 1.82) is 0 Å². The van der Waals surface area contributed by atoms with Crippen LogP contribution in [0.4, 0.5) is 5.69 Å². The van der Waals surface area contributed by atoms with Crippen LogP contribution in [0, 0.1) is 0 Å². The van der Waals surface area contributed by atoms with Gasteiger partial charge in [-0.2, -0.15) is 0 Å². The molecular formula is C21H19N3O5. The van der Waals surface area contributed by atoms with E-state index in [0.717, 1.165) is 0 Å². The van der Waals surface area contributed by atoms with Crippen molar-refractivity contribution in [2.45, 2.75) is 6.92 Å². The van der Waals surface area contributed by atoms with Crippen molar-refractivity contribution in [1.82, 2.24) is 10.9 Å². The van der Waals surface area contributed by atoms with Crippen molar-refractivity contribution in [2.75, 3.05) is 11.9 Å². The van der Waals surface area contributed by atoms with E-state index in [1.807, 2.05) is 6.92 Å². The third-order valence-electron chi connectivity index (χ3n) is 3.84. The summed E-state index contributed by atoms with van der Waals surface area (Å²) in [4.78, 5) is 36.5. The maximum atomic E-state index is 12.3. The van der Waals surface area contributed by atoms with Gasteiger partial charge < -0.3 is 14.5 Å². The second-order valence-corrected chi connectivity index (χ2v) is 5.88. The molecule has 0 saturated heterocycles. The first kappa shape index (κ1) is 19.7. The summed E-state index contributed by atoms with van der Waals surface area (Å²) in [5.74, 6) is -0.623. The SMILES string of the molecule is CCOc1ccc(C(=O)NNC(=O)c2cccc(NC(=O)c3ccco3)c2)cc1. The Bertz CT molecular complexity index is 997. The molecule has 0 aliphatic rings. The van der Waals surface area contributed by atoms with Crippen LogP contribution in [-0.2, 0) is 0 Å². The third-order valence-corrected chi connectivity index (χ3v) is 3.84. The second kappa shape index (κ2) is 9.23. The van der Waals surface area contributed by atoms with Crippen molar-refractivity contribution >= 4 is 23.4 Å². The highest BCUT2D eigenvalue weighted by Crippen LogP contribution is 2.13. The van der Waals surface area contributed by atoms with Crippen LogP contribution < -0.4 is 20.9 Å². The molecule has 3 N–H and O–H groups in total. The second-order valence-electron chi connectivity index (χ2n) is 5.88. The van der Waals surface area contributed by atoms with Crippen molar-refractivity contribution in [3.63, 3.8) is 0 Å². The van der Waals surface area contributed by atoms with Crippen LogP contribution >= 0.6 is 0 Å². The van der Waals surface area contributed by atoms with Crippen molar-refractivity contribution in [2.24, 2.45) is 0 Å².